The molecule has 1 saturated heterocycles. The molecule has 0 atom stereocenters. The predicted octanol–water partition coefficient (Wildman–Crippen LogP) is -0.591. The van der Waals surface area contributed by atoms with Gasteiger partial charge in [-0.2, -0.15) is 0 Å². The first-order valence-electron chi connectivity index (χ1n) is 4.30. The highest BCUT2D eigenvalue weighted by Gasteiger charge is 2.39. The van der Waals surface area contributed by atoms with Gasteiger partial charge in [0.15, 0.2) is 0 Å². The van der Waals surface area contributed by atoms with Gasteiger partial charge in [-0.05, 0) is 6.42 Å². The van der Waals surface area contributed by atoms with E-state index in [0.717, 1.165) is 6.42 Å². The van der Waals surface area contributed by atoms with Crippen LogP contribution in [-0.2, 0) is 14.3 Å². The Bertz CT molecular complexity index is 183. The van der Waals surface area contributed by atoms with Crippen molar-refractivity contribution in [2.24, 2.45) is 0 Å². The molecule has 13 heavy (non-hydrogen) atoms. The Labute approximate surface area is 76.3 Å². The quantitative estimate of drug-likeness (QED) is 0.582. The maximum Gasteiger partial charge on any atom is 0.247 e. The minimum atomic E-state index is -2.33. The third-order valence-electron chi connectivity index (χ3n) is 1.93. The summed E-state index contributed by atoms with van der Waals surface area (Å²) in [4.78, 5) is 11.3. The number of carbonyl (C=O) groups excluding carboxylic acids is 1. The molecular weight excluding hydrogens is 176 g/mol. The number of hydrogen-bond acceptors (Lipinski definition) is 5. The Balaban J connectivity index is 2.55. The first-order chi connectivity index (χ1) is 6.08. The van der Waals surface area contributed by atoms with Gasteiger partial charge in [0.05, 0.1) is 13.2 Å². The molecule has 5 heteroatoms. The van der Waals surface area contributed by atoms with Crippen molar-refractivity contribution in [1.82, 2.24) is 0 Å². The van der Waals surface area contributed by atoms with E-state index in [1.165, 1.54) is 6.92 Å². The van der Waals surface area contributed by atoms with Crippen LogP contribution in [0.4, 0.5) is 0 Å². The molecule has 0 spiro atoms. The van der Waals surface area contributed by atoms with Crippen molar-refractivity contribution >= 4 is 5.78 Å². The molecule has 0 aliphatic carbocycles. The molecule has 5 nitrogen and oxygen atoms in total. The molecule has 1 rings (SSSR count). The number of hydrogen-bond donors (Lipinski definition) is 2. The van der Waals surface area contributed by atoms with Crippen molar-refractivity contribution < 1.29 is 24.5 Å². The van der Waals surface area contributed by atoms with E-state index in [0.29, 0.717) is 13.2 Å². The molecule has 0 aromatic carbocycles. The second-order valence-electron chi connectivity index (χ2n) is 2.96. The van der Waals surface area contributed by atoms with Crippen molar-refractivity contribution in [2.45, 2.75) is 31.8 Å². The Morgan fingerprint density at radius 1 is 1.46 bits per heavy atom. The van der Waals surface area contributed by atoms with E-state index in [9.17, 15) is 15.0 Å². The zero-order valence-electron chi connectivity index (χ0n) is 7.52. The Morgan fingerprint density at radius 2 is 2.00 bits per heavy atom. The van der Waals surface area contributed by atoms with Crippen LogP contribution in [0.5, 0.6) is 0 Å². The smallest absolute Gasteiger partial charge is 0.247 e. The second kappa shape index (κ2) is 4.15. The van der Waals surface area contributed by atoms with E-state index < -0.39 is 17.9 Å². The Hall–Kier alpha value is -0.490. The number of aliphatic hydroxyl groups is 2. The molecule has 1 heterocycles. The van der Waals surface area contributed by atoms with Gasteiger partial charge in [0.1, 0.15) is 0 Å². The fourth-order valence-electron chi connectivity index (χ4n) is 1.00. The van der Waals surface area contributed by atoms with E-state index in [-0.39, 0.29) is 6.42 Å². The molecule has 0 aromatic heterocycles. The number of rotatable bonds is 3. The average Bonchev–Trinajstić information content (AvgIpc) is 2.18. The van der Waals surface area contributed by atoms with Gasteiger partial charge in [0.2, 0.25) is 17.9 Å². The van der Waals surface area contributed by atoms with E-state index in [4.69, 9.17) is 9.47 Å². The van der Waals surface area contributed by atoms with Gasteiger partial charge in [0.25, 0.3) is 0 Å². The molecule has 0 amide bonds. The van der Waals surface area contributed by atoms with Crippen LogP contribution in [0.15, 0.2) is 0 Å². The summed E-state index contributed by atoms with van der Waals surface area (Å²) in [5.41, 5.74) is 0. The molecule has 0 saturated carbocycles. The highest BCUT2D eigenvalue weighted by atomic mass is 16.7. The van der Waals surface area contributed by atoms with Crippen LogP contribution in [0.2, 0.25) is 0 Å². The summed E-state index contributed by atoms with van der Waals surface area (Å²) in [6.45, 7) is 2.33. The van der Waals surface area contributed by atoms with Gasteiger partial charge in [0, 0.05) is 6.42 Å². The number of ketones is 1. The highest BCUT2D eigenvalue weighted by Crippen LogP contribution is 2.15. The maximum absolute atomic E-state index is 11.3. The fraction of sp³-hybridized carbons (Fsp3) is 0.875. The first kappa shape index (κ1) is 10.6. The van der Waals surface area contributed by atoms with Crippen molar-refractivity contribution in [3.63, 3.8) is 0 Å². The lowest BCUT2D eigenvalue weighted by atomic mass is 10.1. The van der Waals surface area contributed by atoms with Crippen molar-refractivity contribution in [2.75, 3.05) is 13.2 Å². The molecule has 1 aliphatic rings. The van der Waals surface area contributed by atoms with Crippen LogP contribution in [0.3, 0.4) is 0 Å². The van der Waals surface area contributed by atoms with E-state index in [1.807, 2.05) is 0 Å². The average molecular weight is 190 g/mol. The van der Waals surface area contributed by atoms with Gasteiger partial charge in [-0.3, -0.25) is 4.79 Å². The van der Waals surface area contributed by atoms with Crippen LogP contribution in [0, 0.1) is 0 Å². The van der Waals surface area contributed by atoms with Gasteiger partial charge in [-0.15, -0.1) is 0 Å². The van der Waals surface area contributed by atoms with Gasteiger partial charge < -0.3 is 19.7 Å². The Kier molecular flexibility index (Phi) is 3.38. The summed E-state index contributed by atoms with van der Waals surface area (Å²) >= 11 is 0. The van der Waals surface area contributed by atoms with Crippen molar-refractivity contribution in [3.8, 4) is 0 Å². The van der Waals surface area contributed by atoms with Crippen molar-refractivity contribution in [3.05, 3.63) is 0 Å². The second-order valence-corrected chi connectivity index (χ2v) is 2.96. The summed E-state index contributed by atoms with van der Waals surface area (Å²) in [7, 11) is 0. The molecule has 0 bridgehead atoms. The summed E-state index contributed by atoms with van der Waals surface area (Å²) in [6, 6.07) is 0. The summed E-state index contributed by atoms with van der Waals surface area (Å²) in [5.74, 6) is -3.16. The largest absolute Gasteiger partial charge is 0.360 e. The fourth-order valence-corrected chi connectivity index (χ4v) is 1.00. The Morgan fingerprint density at radius 3 is 2.46 bits per heavy atom. The predicted molar refractivity (Wildman–Crippen MR) is 42.8 cm³/mol. The van der Waals surface area contributed by atoms with Crippen molar-refractivity contribution in [1.29, 1.82) is 0 Å². The number of carbonyl (C=O) groups is 1. The van der Waals surface area contributed by atoms with Crippen LogP contribution >= 0.6 is 0 Å². The first-order valence-corrected chi connectivity index (χ1v) is 4.30. The molecule has 76 valence electrons. The van der Waals surface area contributed by atoms with Gasteiger partial charge in [-0.1, -0.05) is 6.92 Å². The monoisotopic (exact) mass is 190 g/mol. The summed E-state index contributed by atoms with van der Waals surface area (Å²) < 4.78 is 9.87. The van der Waals surface area contributed by atoms with Crippen LogP contribution < -0.4 is 0 Å². The molecule has 0 aromatic rings. The minimum Gasteiger partial charge on any atom is -0.360 e. The normalized spacial score (nSPS) is 20.2. The highest BCUT2D eigenvalue weighted by molar-refractivity contribution is 5.88. The molecule has 0 unspecified atom stereocenters. The molecule has 1 aliphatic heterocycles. The minimum absolute atomic E-state index is 0.0744. The topological polar surface area (TPSA) is 76.0 Å². The van der Waals surface area contributed by atoms with Gasteiger partial charge in [-0.25, -0.2) is 0 Å². The molecule has 2 N–H and O–H groups in total. The third-order valence-corrected chi connectivity index (χ3v) is 1.93. The van der Waals surface area contributed by atoms with Crippen LogP contribution in [-0.4, -0.2) is 41.3 Å². The molecular formula is C8H14O5. The zero-order valence-corrected chi connectivity index (χ0v) is 7.52. The lowest BCUT2D eigenvalue weighted by molar-refractivity contribution is -0.230. The van der Waals surface area contributed by atoms with Gasteiger partial charge >= 0.3 is 0 Å². The maximum atomic E-state index is 11.3. The van der Waals surface area contributed by atoms with E-state index in [1.54, 1.807) is 0 Å². The van der Waals surface area contributed by atoms with Crippen LogP contribution in [0.25, 0.3) is 0 Å². The standard InChI is InChI=1S/C8H14O5/c1-2-8(10,11)6(9)7-12-4-3-5-13-7/h7,10-11H,2-5H2,1H3. The zero-order chi connectivity index (χ0) is 9.90. The summed E-state index contributed by atoms with van der Waals surface area (Å²) in [6.07, 6.45) is -0.474. The summed E-state index contributed by atoms with van der Waals surface area (Å²) in [5, 5.41) is 18.4. The van der Waals surface area contributed by atoms with E-state index >= 15 is 0 Å². The molecule has 1 fully saturated rings. The lowest BCUT2D eigenvalue weighted by Crippen LogP contribution is -2.48. The molecule has 0 radical (unpaired) electrons. The SMILES string of the molecule is CCC(O)(O)C(=O)C1OCCCO1. The third kappa shape index (κ3) is 2.47. The number of Topliss-reactive ketones (excluding diaryl/α,β-unsaturated/α-hetero) is 1. The van der Waals surface area contributed by atoms with E-state index in [2.05, 4.69) is 0 Å². The lowest BCUT2D eigenvalue weighted by Gasteiger charge is -2.27. The number of ether oxygens (including phenoxy) is 2. The van der Waals surface area contributed by atoms with Crippen LogP contribution in [0.1, 0.15) is 19.8 Å².